The molecule has 7 heteroatoms. The highest BCUT2D eigenvalue weighted by Gasteiger charge is 2.32. The van der Waals surface area contributed by atoms with E-state index in [1.807, 2.05) is 6.92 Å². The lowest BCUT2D eigenvalue weighted by molar-refractivity contribution is 0.343. The number of hydrogen-bond acceptors (Lipinski definition) is 6. The molecule has 2 unspecified atom stereocenters. The molecule has 0 aliphatic carbocycles. The average Bonchev–Trinajstić information content (AvgIpc) is 2.84. The Morgan fingerprint density at radius 2 is 2.35 bits per heavy atom. The fraction of sp³-hybridized carbons (Fsp3) is 0.800. The standard InChI is InChI=1S/C10H17N3O3S/c1-2-3-8(11)10-12-9(13-16-10)7-4-5-17(14,15)6-7/h7-8H,2-6,11H2,1H3. The Morgan fingerprint density at radius 3 is 2.94 bits per heavy atom. The van der Waals surface area contributed by atoms with Crippen LogP contribution in [0.15, 0.2) is 4.52 Å². The highest BCUT2D eigenvalue weighted by atomic mass is 32.2. The van der Waals surface area contributed by atoms with Gasteiger partial charge in [0.2, 0.25) is 5.89 Å². The van der Waals surface area contributed by atoms with Gasteiger partial charge >= 0.3 is 0 Å². The number of hydrogen-bond donors (Lipinski definition) is 1. The third-order valence-corrected chi connectivity index (χ3v) is 4.74. The first-order chi connectivity index (χ1) is 8.02. The van der Waals surface area contributed by atoms with Crippen molar-refractivity contribution < 1.29 is 12.9 Å². The van der Waals surface area contributed by atoms with Gasteiger partial charge in [-0.3, -0.25) is 0 Å². The van der Waals surface area contributed by atoms with Crippen molar-refractivity contribution in [2.75, 3.05) is 11.5 Å². The molecule has 1 fully saturated rings. The van der Waals surface area contributed by atoms with Crippen LogP contribution < -0.4 is 5.73 Å². The lowest BCUT2D eigenvalue weighted by atomic mass is 10.1. The molecule has 0 bridgehead atoms. The average molecular weight is 259 g/mol. The fourth-order valence-electron chi connectivity index (χ4n) is 2.00. The van der Waals surface area contributed by atoms with Gasteiger partial charge in [-0.25, -0.2) is 8.42 Å². The second-order valence-electron chi connectivity index (χ2n) is 4.49. The van der Waals surface area contributed by atoms with E-state index in [1.165, 1.54) is 0 Å². The summed E-state index contributed by atoms with van der Waals surface area (Å²) in [6.07, 6.45) is 2.30. The summed E-state index contributed by atoms with van der Waals surface area (Å²) in [7, 11) is -2.92. The van der Waals surface area contributed by atoms with Crippen molar-refractivity contribution in [2.24, 2.45) is 5.73 Å². The molecule has 1 aliphatic heterocycles. The maximum absolute atomic E-state index is 11.3. The van der Waals surface area contributed by atoms with Crippen LogP contribution in [0.5, 0.6) is 0 Å². The van der Waals surface area contributed by atoms with Crippen LogP contribution in [0.3, 0.4) is 0 Å². The molecule has 0 aromatic carbocycles. The maximum Gasteiger partial charge on any atom is 0.243 e. The van der Waals surface area contributed by atoms with E-state index >= 15 is 0 Å². The van der Waals surface area contributed by atoms with E-state index in [4.69, 9.17) is 10.3 Å². The quantitative estimate of drug-likeness (QED) is 0.857. The van der Waals surface area contributed by atoms with Crippen LogP contribution in [-0.2, 0) is 9.84 Å². The highest BCUT2D eigenvalue weighted by molar-refractivity contribution is 7.91. The molecular formula is C10H17N3O3S. The van der Waals surface area contributed by atoms with Crippen molar-refractivity contribution in [3.8, 4) is 0 Å². The minimum Gasteiger partial charge on any atom is -0.338 e. The summed E-state index contributed by atoms with van der Waals surface area (Å²) in [6.45, 7) is 2.03. The summed E-state index contributed by atoms with van der Waals surface area (Å²) in [6, 6.07) is -0.251. The van der Waals surface area contributed by atoms with E-state index in [0.29, 0.717) is 18.1 Å². The zero-order valence-corrected chi connectivity index (χ0v) is 10.6. The minimum absolute atomic E-state index is 0.120. The molecule has 1 aromatic rings. The third kappa shape index (κ3) is 2.84. The van der Waals surface area contributed by atoms with E-state index in [-0.39, 0.29) is 23.5 Å². The second-order valence-corrected chi connectivity index (χ2v) is 6.71. The lowest BCUT2D eigenvalue weighted by Crippen LogP contribution is -2.10. The molecule has 1 aliphatic rings. The van der Waals surface area contributed by atoms with Crippen LogP contribution in [0.2, 0.25) is 0 Å². The van der Waals surface area contributed by atoms with E-state index < -0.39 is 9.84 Å². The predicted octanol–water partition coefficient (Wildman–Crippen LogP) is 0.772. The molecule has 1 saturated heterocycles. The highest BCUT2D eigenvalue weighted by Crippen LogP contribution is 2.27. The van der Waals surface area contributed by atoms with Crippen LogP contribution in [0, 0.1) is 0 Å². The zero-order chi connectivity index (χ0) is 12.5. The van der Waals surface area contributed by atoms with Gasteiger partial charge in [0.15, 0.2) is 15.7 Å². The molecule has 0 saturated carbocycles. The Kier molecular flexibility index (Phi) is 3.48. The number of aromatic nitrogens is 2. The van der Waals surface area contributed by atoms with Gasteiger partial charge in [0, 0.05) is 5.92 Å². The first-order valence-electron chi connectivity index (χ1n) is 5.81. The molecule has 6 nitrogen and oxygen atoms in total. The summed E-state index contributed by atoms with van der Waals surface area (Å²) in [5, 5.41) is 3.84. The Labute approximate surface area is 100 Å². The van der Waals surface area contributed by atoms with Crippen molar-refractivity contribution in [1.29, 1.82) is 0 Å². The Hall–Kier alpha value is -0.950. The van der Waals surface area contributed by atoms with E-state index in [1.54, 1.807) is 0 Å². The number of nitrogens with two attached hydrogens (primary N) is 1. The van der Waals surface area contributed by atoms with E-state index in [9.17, 15) is 8.42 Å². The van der Waals surface area contributed by atoms with E-state index in [0.717, 1.165) is 12.8 Å². The summed E-state index contributed by atoms with van der Waals surface area (Å²) in [4.78, 5) is 4.21. The predicted molar refractivity (Wildman–Crippen MR) is 62.1 cm³/mol. The Bertz CT molecular complexity index is 483. The number of nitrogens with zero attached hydrogens (tertiary/aromatic N) is 2. The van der Waals surface area contributed by atoms with Crippen LogP contribution in [0.1, 0.15) is 49.9 Å². The molecule has 2 atom stereocenters. The van der Waals surface area contributed by atoms with Crippen LogP contribution in [-0.4, -0.2) is 30.1 Å². The fourth-order valence-corrected chi connectivity index (χ4v) is 3.74. The van der Waals surface area contributed by atoms with Gasteiger partial charge in [-0.15, -0.1) is 0 Å². The van der Waals surface area contributed by atoms with E-state index in [2.05, 4.69) is 10.1 Å². The monoisotopic (exact) mass is 259 g/mol. The summed E-state index contributed by atoms with van der Waals surface area (Å²) in [5.74, 6) is 1.09. The molecular weight excluding hydrogens is 242 g/mol. The number of rotatable bonds is 4. The van der Waals surface area contributed by atoms with Gasteiger partial charge < -0.3 is 10.3 Å². The minimum atomic E-state index is -2.92. The molecule has 0 radical (unpaired) electrons. The first-order valence-corrected chi connectivity index (χ1v) is 7.63. The molecule has 0 amide bonds. The summed E-state index contributed by atoms with van der Waals surface area (Å²) in [5.41, 5.74) is 5.86. The van der Waals surface area contributed by atoms with Crippen molar-refractivity contribution in [3.63, 3.8) is 0 Å². The van der Waals surface area contributed by atoms with Gasteiger partial charge in [0.05, 0.1) is 17.5 Å². The van der Waals surface area contributed by atoms with Crippen molar-refractivity contribution in [3.05, 3.63) is 11.7 Å². The van der Waals surface area contributed by atoms with Crippen LogP contribution in [0.25, 0.3) is 0 Å². The van der Waals surface area contributed by atoms with Crippen molar-refractivity contribution in [1.82, 2.24) is 10.1 Å². The molecule has 96 valence electrons. The topological polar surface area (TPSA) is 99.1 Å². The molecule has 2 rings (SSSR count). The number of sulfone groups is 1. The molecule has 2 N–H and O–H groups in total. The van der Waals surface area contributed by atoms with Crippen LogP contribution in [0.4, 0.5) is 0 Å². The summed E-state index contributed by atoms with van der Waals surface area (Å²) < 4.78 is 27.8. The SMILES string of the molecule is CCCC(N)c1nc(C2CCS(=O)(=O)C2)no1. The molecule has 1 aromatic heterocycles. The largest absolute Gasteiger partial charge is 0.338 e. The first kappa shape index (κ1) is 12.5. The van der Waals surface area contributed by atoms with Gasteiger partial charge in [-0.05, 0) is 12.8 Å². The second kappa shape index (κ2) is 4.73. The normalized spacial score (nSPS) is 24.9. The Balaban J connectivity index is 2.09. The third-order valence-electron chi connectivity index (χ3n) is 2.97. The van der Waals surface area contributed by atoms with Crippen molar-refractivity contribution in [2.45, 2.75) is 38.1 Å². The van der Waals surface area contributed by atoms with Crippen LogP contribution >= 0.6 is 0 Å². The smallest absolute Gasteiger partial charge is 0.243 e. The van der Waals surface area contributed by atoms with Gasteiger partial charge in [0.1, 0.15) is 0 Å². The van der Waals surface area contributed by atoms with Gasteiger partial charge in [-0.1, -0.05) is 18.5 Å². The van der Waals surface area contributed by atoms with Crippen molar-refractivity contribution >= 4 is 9.84 Å². The molecule has 17 heavy (non-hydrogen) atoms. The van der Waals surface area contributed by atoms with Gasteiger partial charge in [-0.2, -0.15) is 4.98 Å². The molecule has 2 heterocycles. The van der Waals surface area contributed by atoms with Gasteiger partial charge in [0.25, 0.3) is 0 Å². The molecule has 0 spiro atoms. The Morgan fingerprint density at radius 1 is 1.59 bits per heavy atom. The summed E-state index contributed by atoms with van der Waals surface area (Å²) >= 11 is 0. The zero-order valence-electron chi connectivity index (χ0n) is 9.80. The lowest BCUT2D eigenvalue weighted by Gasteiger charge is -2.02. The maximum atomic E-state index is 11.3.